The Balaban J connectivity index is 2.30. The van der Waals surface area contributed by atoms with E-state index in [9.17, 15) is 8.42 Å². The summed E-state index contributed by atoms with van der Waals surface area (Å²) in [6, 6.07) is 3.01. The first-order chi connectivity index (χ1) is 8.96. The second-order valence-corrected chi connectivity index (χ2v) is 7.92. The van der Waals surface area contributed by atoms with Gasteiger partial charge < -0.3 is 5.11 Å². The van der Waals surface area contributed by atoms with Gasteiger partial charge in [-0.15, -0.1) is 0 Å². The molecule has 1 fully saturated rings. The van der Waals surface area contributed by atoms with Gasteiger partial charge in [-0.05, 0) is 18.6 Å². The van der Waals surface area contributed by atoms with E-state index in [2.05, 4.69) is 4.98 Å². The van der Waals surface area contributed by atoms with Gasteiger partial charge in [0, 0.05) is 29.8 Å². The summed E-state index contributed by atoms with van der Waals surface area (Å²) in [4.78, 5) is 3.96. The third kappa shape index (κ3) is 2.94. The van der Waals surface area contributed by atoms with Crippen molar-refractivity contribution >= 4 is 21.8 Å². The number of sulfonamides is 1. The smallest absolute Gasteiger partial charge is 0.260 e. The van der Waals surface area contributed by atoms with E-state index in [-0.39, 0.29) is 22.9 Å². The summed E-state index contributed by atoms with van der Waals surface area (Å²) in [6.07, 6.45) is 1.40. The van der Waals surface area contributed by atoms with Crippen LogP contribution in [0.4, 0.5) is 0 Å². The quantitative estimate of drug-likeness (QED) is 0.905. The highest BCUT2D eigenvalue weighted by Crippen LogP contribution is 2.28. The van der Waals surface area contributed by atoms with E-state index in [4.69, 9.17) is 5.11 Å². The molecule has 0 amide bonds. The van der Waals surface area contributed by atoms with E-state index in [0.29, 0.717) is 12.1 Å². The molecule has 1 aromatic rings. The lowest BCUT2D eigenvalue weighted by Gasteiger charge is -2.36. The van der Waals surface area contributed by atoms with Crippen molar-refractivity contribution in [2.75, 3.05) is 12.3 Å². The molecular weight excluding hydrogens is 284 g/mol. The molecule has 0 aromatic carbocycles. The minimum absolute atomic E-state index is 0.0388. The Bertz CT molecular complexity index is 530. The van der Waals surface area contributed by atoms with Gasteiger partial charge in [0.25, 0.3) is 10.0 Å². The zero-order valence-electron chi connectivity index (χ0n) is 11.0. The topological polar surface area (TPSA) is 70.5 Å². The molecule has 7 heteroatoms. The van der Waals surface area contributed by atoms with Crippen molar-refractivity contribution in [3.63, 3.8) is 0 Å². The van der Waals surface area contributed by atoms with E-state index in [1.807, 2.05) is 13.8 Å². The van der Waals surface area contributed by atoms with E-state index >= 15 is 0 Å². The maximum absolute atomic E-state index is 12.5. The fourth-order valence-electron chi connectivity index (χ4n) is 2.02. The Morgan fingerprint density at radius 1 is 1.47 bits per heavy atom. The van der Waals surface area contributed by atoms with E-state index < -0.39 is 10.0 Å². The molecule has 106 valence electrons. The number of aromatic nitrogens is 1. The largest absolute Gasteiger partial charge is 0.392 e. The van der Waals surface area contributed by atoms with Gasteiger partial charge >= 0.3 is 0 Å². The van der Waals surface area contributed by atoms with Gasteiger partial charge in [0.05, 0.1) is 6.61 Å². The molecule has 2 rings (SSSR count). The summed E-state index contributed by atoms with van der Waals surface area (Å²) >= 11 is 1.79. The van der Waals surface area contributed by atoms with Crippen LogP contribution in [0.3, 0.4) is 0 Å². The first-order valence-corrected chi connectivity index (χ1v) is 8.65. The number of pyridine rings is 1. The maximum atomic E-state index is 12.5. The molecule has 2 atom stereocenters. The number of aliphatic hydroxyl groups is 1. The third-order valence-corrected chi connectivity index (χ3v) is 6.62. The molecule has 5 nitrogen and oxygen atoms in total. The SMILES string of the molecule is CC1SCCN(S(=O)(=O)c2ccc(CO)cn2)C1C. The molecule has 0 aliphatic carbocycles. The number of nitrogens with zero attached hydrogens (tertiary/aromatic N) is 2. The average molecular weight is 302 g/mol. The van der Waals surface area contributed by atoms with Gasteiger partial charge in [-0.1, -0.05) is 13.0 Å². The molecule has 0 radical (unpaired) electrons. The lowest BCUT2D eigenvalue weighted by atomic mass is 10.2. The average Bonchev–Trinajstić information content (AvgIpc) is 2.41. The van der Waals surface area contributed by atoms with Crippen molar-refractivity contribution < 1.29 is 13.5 Å². The second kappa shape index (κ2) is 5.78. The standard InChI is InChI=1S/C12H18N2O3S2/c1-9-10(2)18-6-5-14(9)19(16,17)12-4-3-11(8-15)7-13-12/h3-4,7,9-10,15H,5-6,8H2,1-2H3. The summed E-state index contributed by atoms with van der Waals surface area (Å²) in [7, 11) is -3.54. The summed E-state index contributed by atoms with van der Waals surface area (Å²) in [6.45, 7) is 4.35. The van der Waals surface area contributed by atoms with Crippen molar-refractivity contribution in [1.82, 2.24) is 9.29 Å². The molecule has 0 bridgehead atoms. The number of hydrogen-bond donors (Lipinski definition) is 1. The van der Waals surface area contributed by atoms with Crippen LogP contribution in [0.2, 0.25) is 0 Å². The predicted octanol–water partition coefficient (Wildman–Crippen LogP) is 1.09. The van der Waals surface area contributed by atoms with Crippen LogP contribution >= 0.6 is 11.8 Å². The van der Waals surface area contributed by atoms with Crippen LogP contribution in [-0.4, -0.2) is 46.4 Å². The van der Waals surface area contributed by atoms with Gasteiger partial charge in [-0.3, -0.25) is 0 Å². The zero-order valence-corrected chi connectivity index (χ0v) is 12.6. The number of rotatable bonds is 3. The molecule has 1 saturated heterocycles. The molecule has 0 saturated carbocycles. The van der Waals surface area contributed by atoms with Crippen LogP contribution in [0.1, 0.15) is 19.4 Å². The molecule has 1 aliphatic rings. The first-order valence-electron chi connectivity index (χ1n) is 6.16. The Labute approximate surface area is 118 Å². The molecule has 1 aliphatic heterocycles. The number of hydrogen-bond acceptors (Lipinski definition) is 5. The van der Waals surface area contributed by atoms with Gasteiger partial charge in [-0.2, -0.15) is 16.1 Å². The van der Waals surface area contributed by atoms with Crippen LogP contribution in [0.25, 0.3) is 0 Å². The van der Waals surface area contributed by atoms with Crippen LogP contribution in [-0.2, 0) is 16.6 Å². The Kier molecular flexibility index (Phi) is 4.50. The van der Waals surface area contributed by atoms with Gasteiger partial charge in [0.2, 0.25) is 0 Å². The maximum Gasteiger partial charge on any atom is 0.260 e. The first kappa shape index (κ1) is 14.8. The molecule has 0 spiro atoms. The third-order valence-electron chi connectivity index (χ3n) is 3.38. The summed E-state index contributed by atoms with van der Waals surface area (Å²) in [5, 5.41) is 9.28. The molecule has 1 N–H and O–H groups in total. The van der Waals surface area contributed by atoms with Crippen LogP contribution in [0.15, 0.2) is 23.4 Å². The Morgan fingerprint density at radius 2 is 2.21 bits per heavy atom. The summed E-state index contributed by atoms with van der Waals surface area (Å²) in [5.74, 6) is 0.805. The van der Waals surface area contributed by atoms with Crippen LogP contribution < -0.4 is 0 Å². The van der Waals surface area contributed by atoms with Crippen molar-refractivity contribution in [2.45, 2.75) is 36.8 Å². The van der Waals surface area contributed by atoms with E-state index in [1.54, 1.807) is 17.8 Å². The van der Waals surface area contributed by atoms with Gasteiger partial charge in [0.1, 0.15) is 0 Å². The molecular formula is C12H18N2O3S2. The normalized spacial score (nSPS) is 25.4. The Morgan fingerprint density at radius 3 is 2.79 bits per heavy atom. The number of thioether (sulfide) groups is 1. The van der Waals surface area contributed by atoms with Gasteiger partial charge in [-0.25, -0.2) is 13.4 Å². The second-order valence-electron chi connectivity index (χ2n) is 4.60. The molecule has 19 heavy (non-hydrogen) atoms. The van der Waals surface area contributed by atoms with Crippen LogP contribution in [0, 0.1) is 0 Å². The van der Waals surface area contributed by atoms with Crippen molar-refractivity contribution in [2.24, 2.45) is 0 Å². The van der Waals surface area contributed by atoms with Gasteiger partial charge in [0.15, 0.2) is 5.03 Å². The van der Waals surface area contributed by atoms with Crippen LogP contribution in [0.5, 0.6) is 0 Å². The zero-order chi connectivity index (χ0) is 14.0. The highest BCUT2D eigenvalue weighted by molar-refractivity contribution is 8.00. The van der Waals surface area contributed by atoms with Crippen molar-refractivity contribution in [3.8, 4) is 0 Å². The molecule has 2 unspecified atom stereocenters. The van der Waals surface area contributed by atoms with E-state index in [0.717, 1.165) is 5.75 Å². The molecule has 1 aromatic heterocycles. The summed E-state index contributed by atoms with van der Waals surface area (Å²) in [5.41, 5.74) is 0.606. The minimum Gasteiger partial charge on any atom is -0.392 e. The number of aliphatic hydroxyl groups excluding tert-OH is 1. The lowest BCUT2D eigenvalue weighted by Crippen LogP contribution is -2.47. The Hall–Kier alpha value is -0.630. The fourth-order valence-corrected chi connectivity index (χ4v) is 4.93. The monoisotopic (exact) mass is 302 g/mol. The highest BCUT2D eigenvalue weighted by atomic mass is 32.2. The molecule has 2 heterocycles. The van der Waals surface area contributed by atoms with E-state index in [1.165, 1.54) is 16.6 Å². The van der Waals surface area contributed by atoms with Crippen molar-refractivity contribution in [3.05, 3.63) is 23.9 Å². The highest BCUT2D eigenvalue weighted by Gasteiger charge is 2.35. The summed E-state index contributed by atoms with van der Waals surface area (Å²) < 4.78 is 26.6. The minimum atomic E-state index is -3.54. The van der Waals surface area contributed by atoms with Crippen molar-refractivity contribution in [1.29, 1.82) is 0 Å². The lowest BCUT2D eigenvalue weighted by molar-refractivity contribution is 0.281. The fraction of sp³-hybridized carbons (Fsp3) is 0.583. The predicted molar refractivity (Wildman–Crippen MR) is 75.4 cm³/mol.